The van der Waals surface area contributed by atoms with Gasteiger partial charge in [-0.05, 0) is 38.5 Å². The van der Waals surface area contributed by atoms with Crippen LogP contribution in [0.3, 0.4) is 0 Å². The Morgan fingerprint density at radius 3 is 2.15 bits per heavy atom. The number of amides is 1. The summed E-state index contributed by atoms with van der Waals surface area (Å²) >= 11 is 0. The predicted octanol–water partition coefficient (Wildman–Crippen LogP) is 0.0777. The van der Waals surface area contributed by atoms with Crippen LogP contribution in [0.15, 0.2) is 0 Å². The number of piperidine rings is 1. The van der Waals surface area contributed by atoms with Gasteiger partial charge in [0.15, 0.2) is 0 Å². The summed E-state index contributed by atoms with van der Waals surface area (Å²) in [5.74, 6) is -0.0422. The summed E-state index contributed by atoms with van der Waals surface area (Å²) in [6.45, 7) is 0.862. The largest absolute Gasteiger partial charge is 0.393 e. The van der Waals surface area contributed by atoms with Gasteiger partial charge in [0.2, 0.25) is 15.9 Å². The Morgan fingerprint density at radius 1 is 1.10 bits per heavy atom. The molecule has 1 aliphatic heterocycles. The molecular weight excluding hydrogens is 280 g/mol. The fourth-order valence-electron chi connectivity index (χ4n) is 2.99. The summed E-state index contributed by atoms with van der Waals surface area (Å²) in [5, 5.41) is 12.5. The average molecular weight is 304 g/mol. The molecule has 1 saturated heterocycles. The summed E-state index contributed by atoms with van der Waals surface area (Å²) in [4.78, 5) is 12.2. The summed E-state index contributed by atoms with van der Waals surface area (Å²) in [6, 6.07) is 0.166. The first kappa shape index (κ1) is 15.7. The van der Waals surface area contributed by atoms with E-state index >= 15 is 0 Å². The van der Waals surface area contributed by atoms with E-state index in [0.717, 1.165) is 25.7 Å². The second-order valence-corrected chi connectivity index (χ2v) is 7.93. The Balaban J connectivity index is 1.77. The van der Waals surface area contributed by atoms with Gasteiger partial charge in [-0.2, -0.15) is 0 Å². The first-order valence-electron chi connectivity index (χ1n) is 7.30. The highest BCUT2D eigenvalue weighted by molar-refractivity contribution is 7.88. The van der Waals surface area contributed by atoms with Crippen molar-refractivity contribution in [1.82, 2.24) is 9.62 Å². The molecule has 0 spiro atoms. The Kier molecular flexibility index (Phi) is 5.04. The molecule has 0 radical (unpaired) electrons. The molecule has 1 heterocycles. The summed E-state index contributed by atoms with van der Waals surface area (Å²) in [6.07, 6.45) is 5.32. The van der Waals surface area contributed by atoms with Crippen molar-refractivity contribution < 1.29 is 18.3 Å². The second-order valence-electron chi connectivity index (χ2n) is 5.95. The van der Waals surface area contributed by atoms with E-state index in [9.17, 15) is 18.3 Å². The van der Waals surface area contributed by atoms with Gasteiger partial charge in [-0.25, -0.2) is 12.7 Å². The third-order valence-corrected chi connectivity index (χ3v) is 5.64. The number of rotatable bonds is 3. The summed E-state index contributed by atoms with van der Waals surface area (Å²) in [7, 11) is -3.13. The van der Waals surface area contributed by atoms with E-state index in [-0.39, 0.29) is 24.0 Å². The highest BCUT2D eigenvalue weighted by Crippen LogP contribution is 2.22. The maximum absolute atomic E-state index is 12.2. The molecule has 0 aromatic heterocycles. The molecule has 0 atom stereocenters. The van der Waals surface area contributed by atoms with Gasteiger partial charge in [0.05, 0.1) is 12.4 Å². The SMILES string of the molecule is CS(=O)(=O)N1CCC(C(=O)NC2CCC(O)CC2)CC1. The zero-order valence-electron chi connectivity index (χ0n) is 11.9. The number of nitrogens with zero attached hydrogens (tertiary/aromatic N) is 1. The van der Waals surface area contributed by atoms with Gasteiger partial charge >= 0.3 is 0 Å². The van der Waals surface area contributed by atoms with Crippen LogP contribution < -0.4 is 5.32 Å². The monoisotopic (exact) mass is 304 g/mol. The zero-order chi connectivity index (χ0) is 14.8. The Morgan fingerprint density at radius 2 is 1.65 bits per heavy atom. The molecule has 7 heteroatoms. The van der Waals surface area contributed by atoms with Crippen molar-refractivity contribution >= 4 is 15.9 Å². The number of carbonyl (C=O) groups is 1. The standard InChI is InChI=1S/C13H24N2O4S/c1-20(18,19)15-8-6-10(7-9-15)13(17)14-11-2-4-12(16)5-3-11/h10-12,16H,2-9H2,1H3,(H,14,17). The smallest absolute Gasteiger partial charge is 0.223 e. The van der Waals surface area contributed by atoms with Gasteiger partial charge in [0, 0.05) is 25.0 Å². The number of aliphatic hydroxyl groups excluding tert-OH is 1. The van der Waals surface area contributed by atoms with Crippen LogP contribution in [0.25, 0.3) is 0 Å². The third-order valence-electron chi connectivity index (χ3n) is 4.34. The topological polar surface area (TPSA) is 86.7 Å². The lowest BCUT2D eigenvalue weighted by atomic mass is 9.91. The second kappa shape index (κ2) is 6.41. The third kappa shape index (κ3) is 4.17. The van der Waals surface area contributed by atoms with Crippen LogP contribution in [0.2, 0.25) is 0 Å². The molecule has 2 aliphatic rings. The van der Waals surface area contributed by atoms with E-state index in [4.69, 9.17) is 0 Å². The fraction of sp³-hybridized carbons (Fsp3) is 0.923. The number of sulfonamides is 1. The number of aliphatic hydroxyl groups is 1. The van der Waals surface area contributed by atoms with E-state index in [1.807, 2.05) is 0 Å². The van der Waals surface area contributed by atoms with Gasteiger partial charge in [0.1, 0.15) is 0 Å². The van der Waals surface area contributed by atoms with Crippen molar-refractivity contribution in [3.05, 3.63) is 0 Å². The van der Waals surface area contributed by atoms with Crippen molar-refractivity contribution in [2.45, 2.75) is 50.7 Å². The minimum absolute atomic E-state index is 0.0412. The number of nitrogens with one attached hydrogen (secondary N) is 1. The minimum Gasteiger partial charge on any atom is -0.393 e. The molecule has 2 fully saturated rings. The van der Waals surface area contributed by atoms with Gasteiger partial charge in [0.25, 0.3) is 0 Å². The molecule has 0 aromatic rings. The molecule has 0 aromatic carbocycles. The van der Waals surface area contributed by atoms with Crippen molar-refractivity contribution in [3.8, 4) is 0 Å². The maximum atomic E-state index is 12.2. The molecule has 0 unspecified atom stereocenters. The lowest BCUT2D eigenvalue weighted by molar-refractivity contribution is -0.127. The number of hydrogen-bond donors (Lipinski definition) is 2. The van der Waals surface area contributed by atoms with E-state index in [2.05, 4.69) is 5.32 Å². The molecule has 2 rings (SSSR count). The average Bonchev–Trinajstić information content (AvgIpc) is 2.40. The fourth-order valence-corrected chi connectivity index (χ4v) is 3.86. The van der Waals surface area contributed by atoms with Crippen LogP contribution in [-0.2, 0) is 14.8 Å². The molecule has 1 amide bonds. The quantitative estimate of drug-likeness (QED) is 0.773. The first-order valence-corrected chi connectivity index (χ1v) is 9.14. The van der Waals surface area contributed by atoms with Crippen LogP contribution in [0, 0.1) is 5.92 Å². The van der Waals surface area contributed by atoms with E-state index < -0.39 is 10.0 Å². The molecule has 6 nitrogen and oxygen atoms in total. The van der Waals surface area contributed by atoms with Crippen LogP contribution in [-0.4, -0.2) is 55.2 Å². The van der Waals surface area contributed by atoms with Gasteiger partial charge in [-0.1, -0.05) is 0 Å². The Hall–Kier alpha value is -0.660. The highest BCUT2D eigenvalue weighted by Gasteiger charge is 2.30. The summed E-state index contributed by atoms with van der Waals surface area (Å²) < 4.78 is 24.3. The maximum Gasteiger partial charge on any atom is 0.223 e. The Labute approximate surface area is 120 Å². The number of hydrogen-bond acceptors (Lipinski definition) is 4. The van der Waals surface area contributed by atoms with Crippen LogP contribution >= 0.6 is 0 Å². The van der Waals surface area contributed by atoms with Gasteiger partial charge < -0.3 is 10.4 Å². The Bertz CT molecular complexity index is 435. The molecular formula is C13H24N2O4S. The van der Waals surface area contributed by atoms with Crippen molar-refractivity contribution in [2.75, 3.05) is 19.3 Å². The predicted molar refractivity (Wildman–Crippen MR) is 75.5 cm³/mol. The van der Waals surface area contributed by atoms with Crippen LogP contribution in [0.4, 0.5) is 0 Å². The first-order chi connectivity index (χ1) is 9.36. The van der Waals surface area contributed by atoms with E-state index in [0.29, 0.717) is 25.9 Å². The lowest BCUT2D eigenvalue weighted by Gasteiger charge is -2.32. The van der Waals surface area contributed by atoms with Crippen molar-refractivity contribution in [2.24, 2.45) is 5.92 Å². The van der Waals surface area contributed by atoms with Crippen molar-refractivity contribution in [3.63, 3.8) is 0 Å². The van der Waals surface area contributed by atoms with E-state index in [1.165, 1.54) is 10.6 Å². The highest BCUT2D eigenvalue weighted by atomic mass is 32.2. The zero-order valence-corrected chi connectivity index (χ0v) is 12.7. The molecule has 1 saturated carbocycles. The number of carbonyl (C=O) groups excluding carboxylic acids is 1. The molecule has 1 aliphatic carbocycles. The van der Waals surface area contributed by atoms with Crippen LogP contribution in [0.5, 0.6) is 0 Å². The van der Waals surface area contributed by atoms with E-state index in [1.54, 1.807) is 0 Å². The molecule has 116 valence electrons. The lowest BCUT2D eigenvalue weighted by Crippen LogP contribution is -2.46. The summed E-state index contributed by atoms with van der Waals surface area (Å²) in [5.41, 5.74) is 0. The van der Waals surface area contributed by atoms with Crippen molar-refractivity contribution in [1.29, 1.82) is 0 Å². The normalized spacial score (nSPS) is 30.1. The van der Waals surface area contributed by atoms with Gasteiger partial charge in [-0.15, -0.1) is 0 Å². The molecule has 0 bridgehead atoms. The molecule has 20 heavy (non-hydrogen) atoms. The minimum atomic E-state index is -3.13. The van der Waals surface area contributed by atoms with Crippen LogP contribution in [0.1, 0.15) is 38.5 Å². The molecule has 2 N–H and O–H groups in total. The van der Waals surface area contributed by atoms with Gasteiger partial charge in [-0.3, -0.25) is 4.79 Å².